The van der Waals surface area contributed by atoms with Crippen LogP contribution >= 0.6 is 22.9 Å². The maximum Gasteiger partial charge on any atom is 0.289 e. The van der Waals surface area contributed by atoms with Crippen molar-refractivity contribution in [2.45, 2.75) is 12.5 Å². The zero-order valence-electron chi connectivity index (χ0n) is 10.5. The van der Waals surface area contributed by atoms with Gasteiger partial charge in [0.1, 0.15) is 17.6 Å². The number of thiophene rings is 1. The zero-order valence-corrected chi connectivity index (χ0v) is 12.1. The van der Waals surface area contributed by atoms with Crippen molar-refractivity contribution in [3.05, 3.63) is 49.8 Å². The largest absolute Gasteiger partial charge is 0.384 e. The summed E-state index contributed by atoms with van der Waals surface area (Å²) in [6.07, 6.45) is 1.12. The molecule has 2 heterocycles. The van der Waals surface area contributed by atoms with Crippen LogP contribution < -0.4 is 5.32 Å². The minimum Gasteiger partial charge on any atom is -0.384 e. The molecule has 0 bridgehead atoms. The Hall–Kier alpha value is -1.70. The Morgan fingerprint density at radius 3 is 2.95 bits per heavy atom. The van der Waals surface area contributed by atoms with E-state index in [1.54, 1.807) is 6.92 Å². The van der Waals surface area contributed by atoms with E-state index < -0.39 is 10.5 Å². The van der Waals surface area contributed by atoms with Gasteiger partial charge in [0.2, 0.25) is 0 Å². The van der Waals surface area contributed by atoms with Crippen LogP contribution in [0.15, 0.2) is 29.1 Å². The molecule has 0 aromatic carbocycles. The Labute approximate surface area is 124 Å². The van der Waals surface area contributed by atoms with Gasteiger partial charge >= 0.3 is 0 Å². The van der Waals surface area contributed by atoms with Crippen molar-refractivity contribution in [2.24, 2.45) is 0 Å². The lowest BCUT2D eigenvalue weighted by molar-refractivity contribution is -0.385. The molecule has 1 unspecified atom stereocenters. The molecule has 8 heteroatoms. The number of nitrogens with zero attached hydrogens (tertiary/aromatic N) is 2. The maximum atomic E-state index is 10.6. The molecule has 0 aliphatic rings. The average molecular weight is 314 g/mol. The molecule has 20 heavy (non-hydrogen) atoms. The van der Waals surface area contributed by atoms with Gasteiger partial charge < -0.3 is 10.4 Å². The molecule has 0 amide bonds. The van der Waals surface area contributed by atoms with Gasteiger partial charge in [-0.05, 0) is 29.3 Å². The molecular formula is C12H12ClN3O3S. The van der Waals surface area contributed by atoms with E-state index in [0.29, 0.717) is 5.82 Å². The van der Waals surface area contributed by atoms with Crippen molar-refractivity contribution in [3.8, 4) is 0 Å². The first-order valence-corrected chi connectivity index (χ1v) is 7.01. The Morgan fingerprint density at radius 1 is 1.65 bits per heavy atom. The number of nitro groups is 1. The summed E-state index contributed by atoms with van der Waals surface area (Å²) >= 11 is 7.41. The van der Waals surface area contributed by atoms with E-state index in [-0.39, 0.29) is 17.3 Å². The SMILES string of the molecule is CC(O)(CNc1ncc([N+](=O)[O-])cc1Cl)c1ccsc1. The van der Waals surface area contributed by atoms with Crippen molar-refractivity contribution in [2.75, 3.05) is 11.9 Å². The molecule has 2 N–H and O–H groups in total. The monoisotopic (exact) mass is 313 g/mol. The van der Waals surface area contributed by atoms with E-state index in [0.717, 1.165) is 11.8 Å². The number of hydrogen-bond donors (Lipinski definition) is 2. The van der Waals surface area contributed by atoms with Gasteiger partial charge in [-0.15, -0.1) is 0 Å². The van der Waals surface area contributed by atoms with E-state index >= 15 is 0 Å². The van der Waals surface area contributed by atoms with Crippen LogP contribution in [-0.4, -0.2) is 21.6 Å². The van der Waals surface area contributed by atoms with Crippen molar-refractivity contribution >= 4 is 34.4 Å². The highest BCUT2D eigenvalue weighted by Crippen LogP contribution is 2.27. The normalized spacial score (nSPS) is 13.8. The van der Waals surface area contributed by atoms with Gasteiger partial charge in [-0.25, -0.2) is 4.98 Å². The van der Waals surface area contributed by atoms with Crippen molar-refractivity contribution in [1.82, 2.24) is 4.98 Å². The van der Waals surface area contributed by atoms with Crippen LogP contribution in [0.1, 0.15) is 12.5 Å². The highest BCUT2D eigenvalue weighted by molar-refractivity contribution is 7.08. The van der Waals surface area contributed by atoms with E-state index in [9.17, 15) is 15.2 Å². The van der Waals surface area contributed by atoms with Crippen LogP contribution in [0, 0.1) is 10.1 Å². The third kappa shape index (κ3) is 3.24. The van der Waals surface area contributed by atoms with E-state index in [4.69, 9.17) is 11.6 Å². The van der Waals surface area contributed by atoms with Crippen molar-refractivity contribution in [1.29, 1.82) is 0 Å². The molecule has 0 aliphatic carbocycles. The lowest BCUT2D eigenvalue weighted by atomic mass is 9.99. The Balaban J connectivity index is 2.10. The highest BCUT2D eigenvalue weighted by atomic mass is 35.5. The van der Waals surface area contributed by atoms with E-state index in [1.807, 2.05) is 16.8 Å². The third-order valence-electron chi connectivity index (χ3n) is 2.78. The number of hydrogen-bond acceptors (Lipinski definition) is 6. The predicted octanol–water partition coefficient (Wildman–Crippen LogP) is 3.02. The van der Waals surface area contributed by atoms with Crippen molar-refractivity contribution in [3.63, 3.8) is 0 Å². The molecule has 0 spiro atoms. The van der Waals surface area contributed by atoms with Crippen LogP contribution in [0.3, 0.4) is 0 Å². The first-order chi connectivity index (χ1) is 9.40. The fraction of sp³-hybridized carbons (Fsp3) is 0.250. The van der Waals surface area contributed by atoms with Crippen LogP contribution in [0.4, 0.5) is 11.5 Å². The number of aromatic nitrogens is 1. The first kappa shape index (κ1) is 14.7. The fourth-order valence-electron chi connectivity index (χ4n) is 1.59. The van der Waals surface area contributed by atoms with Crippen LogP contribution in [0.25, 0.3) is 0 Å². The molecule has 0 fully saturated rings. The van der Waals surface area contributed by atoms with Crippen LogP contribution in [0.2, 0.25) is 5.02 Å². The second kappa shape index (κ2) is 5.74. The summed E-state index contributed by atoms with van der Waals surface area (Å²) in [6, 6.07) is 3.05. The van der Waals surface area contributed by atoms with Gasteiger partial charge in [-0.2, -0.15) is 11.3 Å². The predicted molar refractivity (Wildman–Crippen MR) is 78.3 cm³/mol. The second-order valence-electron chi connectivity index (χ2n) is 4.42. The van der Waals surface area contributed by atoms with E-state index in [1.165, 1.54) is 17.4 Å². The standard InChI is InChI=1S/C12H12ClN3O3S/c1-12(17,8-2-3-20-6-8)7-15-11-10(13)4-9(5-14-11)16(18)19/h2-6,17H,7H2,1H3,(H,14,15). The van der Waals surface area contributed by atoms with Crippen molar-refractivity contribution < 1.29 is 10.0 Å². The number of halogens is 1. The smallest absolute Gasteiger partial charge is 0.289 e. The minimum absolute atomic E-state index is 0.139. The Bertz CT molecular complexity index is 616. The average Bonchev–Trinajstić information content (AvgIpc) is 2.91. The molecular weight excluding hydrogens is 302 g/mol. The maximum absolute atomic E-state index is 10.6. The summed E-state index contributed by atoms with van der Waals surface area (Å²) in [6.45, 7) is 1.86. The Kier molecular flexibility index (Phi) is 4.22. The number of anilines is 1. The quantitative estimate of drug-likeness (QED) is 0.654. The molecule has 2 rings (SSSR count). The molecule has 6 nitrogen and oxygen atoms in total. The fourth-order valence-corrected chi connectivity index (χ4v) is 2.60. The molecule has 106 valence electrons. The molecule has 2 aromatic heterocycles. The second-order valence-corrected chi connectivity index (χ2v) is 5.61. The number of rotatable bonds is 5. The van der Waals surface area contributed by atoms with Crippen LogP contribution in [0.5, 0.6) is 0 Å². The molecule has 0 aliphatic heterocycles. The molecule has 1 atom stereocenters. The van der Waals surface area contributed by atoms with Gasteiger partial charge in [0.25, 0.3) is 5.69 Å². The van der Waals surface area contributed by atoms with Crippen LogP contribution in [-0.2, 0) is 5.60 Å². The lowest BCUT2D eigenvalue weighted by Crippen LogP contribution is -2.30. The summed E-state index contributed by atoms with van der Waals surface area (Å²) in [5, 5.41) is 27.7. The lowest BCUT2D eigenvalue weighted by Gasteiger charge is -2.23. The molecule has 0 radical (unpaired) electrons. The number of aliphatic hydroxyl groups is 1. The van der Waals surface area contributed by atoms with Gasteiger partial charge in [-0.1, -0.05) is 11.6 Å². The molecule has 2 aromatic rings. The summed E-state index contributed by atoms with van der Waals surface area (Å²) in [5.74, 6) is 0.299. The van der Waals surface area contributed by atoms with Gasteiger partial charge in [0.05, 0.1) is 9.95 Å². The summed E-state index contributed by atoms with van der Waals surface area (Å²) in [4.78, 5) is 13.9. The molecule has 0 saturated heterocycles. The van der Waals surface area contributed by atoms with Gasteiger partial charge in [0, 0.05) is 12.6 Å². The summed E-state index contributed by atoms with van der Waals surface area (Å²) in [7, 11) is 0. The number of nitrogens with one attached hydrogen (secondary N) is 1. The summed E-state index contributed by atoms with van der Waals surface area (Å²) < 4.78 is 0. The van der Waals surface area contributed by atoms with E-state index in [2.05, 4.69) is 10.3 Å². The third-order valence-corrected chi connectivity index (χ3v) is 3.75. The minimum atomic E-state index is -1.08. The topological polar surface area (TPSA) is 88.3 Å². The number of pyridine rings is 1. The highest BCUT2D eigenvalue weighted by Gasteiger charge is 2.24. The van der Waals surface area contributed by atoms with Gasteiger partial charge in [-0.3, -0.25) is 10.1 Å². The summed E-state index contributed by atoms with van der Waals surface area (Å²) in [5.41, 5.74) is -0.467. The Morgan fingerprint density at radius 2 is 2.40 bits per heavy atom. The zero-order chi connectivity index (χ0) is 14.8. The van der Waals surface area contributed by atoms with Gasteiger partial charge in [0.15, 0.2) is 0 Å². The first-order valence-electron chi connectivity index (χ1n) is 5.69. The molecule has 0 saturated carbocycles.